The Morgan fingerprint density at radius 1 is 1.11 bits per heavy atom. The third-order valence-electron chi connectivity index (χ3n) is 5.03. The Bertz CT molecular complexity index is 922. The largest absolute Gasteiger partial charge is 0.368 e. The molecule has 1 amide bonds. The van der Waals surface area contributed by atoms with Gasteiger partial charge in [0.15, 0.2) is 0 Å². The number of piperazine rings is 1. The fourth-order valence-corrected chi connectivity index (χ4v) is 3.54. The number of aromatic amines is 1. The fraction of sp³-hybridized carbons (Fsp3) is 0.300. The molecule has 0 bridgehead atoms. The van der Waals surface area contributed by atoms with Gasteiger partial charge in [0.25, 0.3) is 5.91 Å². The molecule has 0 spiro atoms. The molecular formula is C20H22N6O. The molecule has 3 aromatic rings. The van der Waals surface area contributed by atoms with E-state index in [-0.39, 0.29) is 11.9 Å². The van der Waals surface area contributed by atoms with Crippen LogP contribution in [0.4, 0.5) is 5.69 Å². The first-order chi connectivity index (χ1) is 13.1. The maximum Gasteiger partial charge on any atom is 0.254 e. The number of rotatable bonds is 3. The number of tetrazole rings is 1. The first kappa shape index (κ1) is 17.2. The van der Waals surface area contributed by atoms with Crippen molar-refractivity contribution in [1.82, 2.24) is 25.5 Å². The zero-order valence-corrected chi connectivity index (χ0v) is 15.5. The van der Waals surface area contributed by atoms with Crippen LogP contribution in [0.15, 0.2) is 48.5 Å². The van der Waals surface area contributed by atoms with E-state index in [1.165, 1.54) is 11.3 Å². The van der Waals surface area contributed by atoms with Crippen molar-refractivity contribution in [3.63, 3.8) is 0 Å². The van der Waals surface area contributed by atoms with E-state index >= 15 is 0 Å². The Morgan fingerprint density at radius 2 is 1.89 bits per heavy atom. The van der Waals surface area contributed by atoms with E-state index in [0.717, 1.165) is 13.1 Å². The van der Waals surface area contributed by atoms with Crippen LogP contribution in [0.25, 0.3) is 11.4 Å². The van der Waals surface area contributed by atoms with Gasteiger partial charge in [-0.15, -0.1) is 10.2 Å². The summed E-state index contributed by atoms with van der Waals surface area (Å²) in [5, 5.41) is 14.1. The number of hydrogen-bond donors (Lipinski definition) is 1. The van der Waals surface area contributed by atoms with Crippen molar-refractivity contribution in [2.45, 2.75) is 19.9 Å². The second kappa shape index (κ2) is 7.19. The van der Waals surface area contributed by atoms with Gasteiger partial charge in [0, 0.05) is 36.9 Å². The van der Waals surface area contributed by atoms with E-state index in [9.17, 15) is 4.79 Å². The number of aromatic nitrogens is 4. The number of H-pyrrole nitrogens is 1. The molecule has 0 aliphatic carbocycles. The van der Waals surface area contributed by atoms with E-state index < -0.39 is 0 Å². The Kier molecular flexibility index (Phi) is 4.58. The molecule has 7 nitrogen and oxygen atoms in total. The summed E-state index contributed by atoms with van der Waals surface area (Å²) in [5.41, 5.74) is 3.75. The minimum Gasteiger partial charge on any atom is -0.368 e. The molecule has 0 saturated carbocycles. The number of carbonyl (C=O) groups is 1. The Morgan fingerprint density at radius 3 is 2.59 bits per heavy atom. The van der Waals surface area contributed by atoms with Crippen LogP contribution in [0, 0.1) is 6.92 Å². The minimum atomic E-state index is 0.00598. The molecule has 7 heteroatoms. The maximum atomic E-state index is 13.2. The van der Waals surface area contributed by atoms with Crippen LogP contribution in [0.1, 0.15) is 22.8 Å². The van der Waals surface area contributed by atoms with Crippen LogP contribution in [-0.4, -0.2) is 57.1 Å². The van der Waals surface area contributed by atoms with Gasteiger partial charge < -0.3 is 9.80 Å². The highest BCUT2D eigenvalue weighted by molar-refractivity contribution is 6.00. The van der Waals surface area contributed by atoms with Crippen LogP contribution in [0.3, 0.4) is 0 Å². The molecule has 27 heavy (non-hydrogen) atoms. The van der Waals surface area contributed by atoms with Crippen LogP contribution < -0.4 is 4.90 Å². The molecule has 1 fully saturated rings. The Hall–Kier alpha value is -3.22. The lowest BCUT2D eigenvalue weighted by Crippen LogP contribution is -2.54. The molecular weight excluding hydrogens is 340 g/mol. The van der Waals surface area contributed by atoms with Crippen LogP contribution in [0.5, 0.6) is 0 Å². The van der Waals surface area contributed by atoms with Crippen molar-refractivity contribution in [3.8, 4) is 11.4 Å². The van der Waals surface area contributed by atoms with E-state index in [2.05, 4.69) is 63.6 Å². The number of aryl methyl sites for hydroxylation is 1. The van der Waals surface area contributed by atoms with Gasteiger partial charge in [0.05, 0.1) is 5.56 Å². The van der Waals surface area contributed by atoms with Gasteiger partial charge in [-0.05, 0) is 37.3 Å². The van der Waals surface area contributed by atoms with Gasteiger partial charge in [-0.2, -0.15) is 5.21 Å². The van der Waals surface area contributed by atoms with Gasteiger partial charge in [-0.3, -0.25) is 4.79 Å². The third-order valence-corrected chi connectivity index (χ3v) is 5.03. The number of amides is 1. The van der Waals surface area contributed by atoms with Gasteiger partial charge in [-0.25, -0.2) is 0 Å². The fourth-order valence-electron chi connectivity index (χ4n) is 3.54. The van der Waals surface area contributed by atoms with Crippen molar-refractivity contribution >= 4 is 11.6 Å². The third kappa shape index (κ3) is 3.40. The van der Waals surface area contributed by atoms with Crippen molar-refractivity contribution in [1.29, 1.82) is 0 Å². The molecule has 138 valence electrons. The number of carbonyl (C=O) groups excluding carboxylic acids is 1. The molecule has 1 atom stereocenters. The van der Waals surface area contributed by atoms with E-state index in [1.54, 1.807) is 0 Å². The molecule has 1 aliphatic rings. The monoisotopic (exact) mass is 362 g/mol. The highest BCUT2D eigenvalue weighted by Gasteiger charge is 2.29. The summed E-state index contributed by atoms with van der Waals surface area (Å²) in [6.07, 6.45) is 0. The van der Waals surface area contributed by atoms with E-state index in [1.807, 2.05) is 29.2 Å². The van der Waals surface area contributed by atoms with Crippen molar-refractivity contribution in [3.05, 3.63) is 59.7 Å². The number of anilines is 1. The number of benzene rings is 2. The molecule has 2 aromatic carbocycles. The van der Waals surface area contributed by atoms with Crippen molar-refractivity contribution in [2.75, 3.05) is 24.5 Å². The molecule has 1 saturated heterocycles. The molecule has 1 N–H and O–H groups in total. The van der Waals surface area contributed by atoms with Crippen molar-refractivity contribution in [2.24, 2.45) is 0 Å². The summed E-state index contributed by atoms with van der Waals surface area (Å²) in [6, 6.07) is 16.1. The number of hydrogen-bond acceptors (Lipinski definition) is 5. The van der Waals surface area contributed by atoms with E-state index in [0.29, 0.717) is 23.5 Å². The smallest absolute Gasteiger partial charge is 0.254 e. The highest BCUT2D eigenvalue weighted by Crippen LogP contribution is 2.24. The summed E-state index contributed by atoms with van der Waals surface area (Å²) >= 11 is 0. The summed E-state index contributed by atoms with van der Waals surface area (Å²) in [5.74, 6) is 0.441. The van der Waals surface area contributed by atoms with Gasteiger partial charge in [-0.1, -0.05) is 35.9 Å². The quantitative estimate of drug-likeness (QED) is 0.775. The summed E-state index contributed by atoms with van der Waals surface area (Å²) < 4.78 is 0. The SMILES string of the molecule is Cc1ccc(N2CCN(C(=O)c3ccccc3-c3nn[nH]n3)[C@H](C)C2)cc1. The van der Waals surface area contributed by atoms with Crippen LogP contribution in [-0.2, 0) is 0 Å². The first-order valence-corrected chi connectivity index (χ1v) is 9.09. The maximum absolute atomic E-state index is 13.2. The molecule has 0 unspecified atom stereocenters. The average Bonchev–Trinajstić information content (AvgIpc) is 3.23. The standard InChI is InChI=1S/C20H22N6O/c1-14-7-9-16(10-8-14)25-11-12-26(15(2)13-25)20(27)18-6-4-3-5-17(18)19-21-23-24-22-19/h3-10,15H,11-13H2,1-2H3,(H,21,22,23,24)/t15-/m1/s1. The second-order valence-electron chi connectivity index (χ2n) is 6.91. The van der Waals surface area contributed by atoms with E-state index in [4.69, 9.17) is 0 Å². The number of nitrogens with one attached hydrogen (secondary N) is 1. The summed E-state index contributed by atoms with van der Waals surface area (Å²) in [7, 11) is 0. The van der Waals surface area contributed by atoms with Crippen molar-refractivity contribution < 1.29 is 4.79 Å². The second-order valence-corrected chi connectivity index (χ2v) is 6.91. The normalized spacial score (nSPS) is 17.2. The van der Waals surface area contributed by atoms with Gasteiger partial charge in [0.1, 0.15) is 0 Å². The highest BCUT2D eigenvalue weighted by atomic mass is 16.2. The lowest BCUT2D eigenvalue weighted by atomic mass is 10.0. The molecule has 0 radical (unpaired) electrons. The predicted octanol–water partition coefficient (Wildman–Crippen LogP) is 2.53. The summed E-state index contributed by atoms with van der Waals surface area (Å²) in [6.45, 7) is 6.47. The lowest BCUT2D eigenvalue weighted by Gasteiger charge is -2.41. The molecule has 4 rings (SSSR count). The zero-order chi connectivity index (χ0) is 18.8. The van der Waals surface area contributed by atoms with Crippen LogP contribution >= 0.6 is 0 Å². The molecule has 2 heterocycles. The minimum absolute atomic E-state index is 0.00598. The Balaban J connectivity index is 1.54. The number of nitrogens with zero attached hydrogens (tertiary/aromatic N) is 5. The average molecular weight is 362 g/mol. The predicted molar refractivity (Wildman–Crippen MR) is 104 cm³/mol. The topological polar surface area (TPSA) is 78.0 Å². The van der Waals surface area contributed by atoms with Gasteiger partial charge in [0.2, 0.25) is 5.82 Å². The lowest BCUT2D eigenvalue weighted by molar-refractivity contribution is 0.0675. The zero-order valence-electron chi connectivity index (χ0n) is 15.5. The van der Waals surface area contributed by atoms with Gasteiger partial charge >= 0.3 is 0 Å². The Labute approximate surface area is 158 Å². The molecule has 1 aliphatic heterocycles. The molecule has 1 aromatic heterocycles. The summed E-state index contributed by atoms with van der Waals surface area (Å²) in [4.78, 5) is 17.5. The van der Waals surface area contributed by atoms with Crippen LogP contribution in [0.2, 0.25) is 0 Å². The first-order valence-electron chi connectivity index (χ1n) is 9.09.